The van der Waals surface area contributed by atoms with Crippen molar-refractivity contribution >= 4 is 22.9 Å². The Kier molecular flexibility index (Phi) is 3.64. The Bertz CT molecular complexity index is 525. The second kappa shape index (κ2) is 5.02. The van der Waals surface area contributed by atoms with Crippen LogP contribution in [0.2, 0.25) is 0 Å². The normalized spacial score (nSPS) is 12.5. The summed E-state index contributed by atoms with van der Waals surface area (Å²) in [4.78, 5) is 0. The molecule has 0 saturated heterocycles. The standard InChI is InChI=1S/C12H13ClN2OS/c1-7-4-5-10(16-3)9(6-7)12-15-14-11(17-12)8(2)13/h4-6,8H,1-3H3. The summed E-state index contributed by atoms with van der Waals surface area (Å²) in [7, 11) is 1.65. The van der Waals surface area contributed by atoms with Gasteiger partial charge in [-0.2, -0.15) is 0 Å². The molecule has 1 aromatic carbocycles. The van der Waals surface area contributed by atoms with E-state index in [0.29, 0.717) is 0 Å². The van der Waals surface area contributed by atoms with Gasteiger partial charge in [0, 0.05) is 0 Å². The molecule has 1 atom stereocenters. The van der Waals surface area contributed by atoms with Gasteiger partial charge in [-0.15, -0.1) is 21.8 Å². The molecule has 0 spiro atoms. The maximum absolute atomic E-state index is 5.99. The summed E-state index contributed by atoms with van der Waals surface area (Å²) in [5, 5.41) is 9.79. The largest absolute Gasteiger partial charge is 0.496 e. The molecule has 0 bridgehead atoms. The SMILES string of the molecule is COc1ccc(C)cc1-c1nnc(C(C)Cl)s1. The van der Waals surface area contributed by atoms with Crippen molar-refractivity contribution in [1.29, 1.82) is 0 Å². The molecule has 0 amide bonds. The second-order valence-electron chi connectivity index (χ2n) is 3.77. The van der Waals surface area contributed by atoms with Crippen LogP contribution in [0.25, 0.3) is 10.6 Å². The molecule has 2 aromatic rings. The highest BCUT2D eigenvalue weighted by molar-refractivity contribution is 7.15. The van der Waals surface area contributed by atoms with Crippen molar-refractivity contribution in [3.63, 3.8) is 0 Å². The minimum Gasteiger partial charge on any atom is -0.496 e. The van der Waals surface area contributed by atoms with Crippen molar-refractivity contribution in [1.82, 2.24) is 10.2 Å². The van der Waals surface area contributed by atoms with Crippen molar-refractivity contribution in [2.24, 2.45) is 0 Å². The summed E-state index contributed by atoms with van der Waals surface area (Å²) in [6.07, 6.45) is 0. The third kappa shape index (κ3) is 2.58. The summed E-state index contributed by atoms with van der Waals surface area (Å²) in [6.45, 7) is 3.92. The van der Waals surface area contributed by atoms with Gasteiger partial charge in [-0.25, -0.2) is 0 Å². The van der Waals surface area contributed by atoms with Gasteiger partial charge in [-0.05, 0) is 26.0 Å². The smallest absolute Gasteiger partial charge is 0.151 e. The number of benzene rings is 1. The maximum atomic E-state index is 5.99. The van der Waals surface area contributed by atoms with Gasteiger partial charge in [0.1, 0.15) is 10.8 Å². The van der Waals surface area contributed by atoms with E-state index in [1.807, 2.05) is 32.0 Å². The Morgan fingerprint density at radius 3 is 2.71 bits per heavy atom. The van der Waals surface area contributed by atoms with Crippen LogP contribution in [0.4, 0.5) is 0 Å². The minimum atomic E-state index is -0.114. The number of nitrogens with zero attached hydrogens (tertiary/aromatic N) is 2. The molecule has 90 valence electrons. The summed E-state index contributed by atoms with van der Waals surface area (Å²) in [5.41, 5.74) is 2.13. The number of methoxy groups -OCH3 is 1. The number of halogens is 1. The van der Waals surface area contributed by atoms with E-state index in [-0.39, 0.29) is 5.38 Å². The van der Waals surface area contributed by atoms with Gasteiger partial charge in [0.15, 0.2) is 5.01 Å². The molecular formula is C12H13ClN2OS. The van der Waals surface area contributed by atoms with E-state index in [4.69, 9.17) is 16.3 Å². The molecule has 2 rings (SSSR count). The average Bonchev–Trinajstić information content (AvgIpc) is 2.78. The number of ether oxygens (including phenoxy) is 1. The maximum Gasteiger partial charge on any atom is 0.151 e. The van der Waals surface area contributed by atoms with E-state index in [1.165, 1.54) is 11.3 Å². The van der Waals surface area contributed by atoms with Crippen LogP contribution in [-0.4, -0.2) is 17.3 Å². The quantitative estimate of drug-likeness (QED) is 0.794. The fourth-order valence-corrected chi connectivity index (χ4v) is 2.46. The lowest BCUT2D eigenvalue weighted by atomic mass is 10.1. The molecule has 3 nitrogen and oxygen atoms in total. The first kappa shape index (κ1) is 12.3. The number of aryl methyl sites for hydroxylation is 1. The summed E-state index contributed by atoms with van der Waals surface area (Å²) in [6, 6.07) is 5.99. The molecule has 1 aromatic heterocycles. The van der Waals surface area contributed by atoms with Crippen LogP contribution < -0.4 is 4.74 Å². The summed E-state index contributed by atoms with van der Waals surface area (Å²) in [5.74, 6) is 0.806. The zero-order valence-corrected chi connectivity index (χ0v) is 11.5. The summed E-state index contributed by atoms with van der Waals surface area (Å²) < 4.78 is 5.33. The Morgan fingerprint density at radius 1 is 1.35 bits per heavy atom. The lowest BCUT2D eigenvalue weighted by Gasteiger charge is -2.06. The molecular weight excluding hydrogens is 256 g/mol. The predicted octanol–water partition coefficient (Wildman–Crippen LogP) is 3.82. The van der Waals surface area contributed by atoms with Crippen LogP contribution in [0.3, 0.4) is 0 Å². The Balaban J connectivity index is 2.47. The zero-order valence-electron chi connectivity index (χ0n) is 9.90. The Morgan fingerprint density at radius 2 is 2.12 bits per heavy atom. The number of hydrogen-bond donors (Lipinski definition) is 0. The van der Waals surface area contributed by atoms with E-state index >= 15 is 0 Å². The lowest BCUT2D eigenvalue weighted by molar-refractivity contribution is 0.416. The molecule has 17 heavy (non-hydrogen) atoms. The number of rotatable bonds is 3. The first-order valence-electron chi connectivity index (χ1n) is 5.24. The fourth-order valence-electron chi connectivity index (χ4n) is 1.49. The fraction of sp³-hybridized carbons (Fsp3) is 0.333. The first-order valence-corrected chi connectivity index (χ1v) is 6.49. The van der Waals surface area contributed by atoms with Crippen LogP contribution in [0.5, 0.6) is 5.75 Å². The van der Waals surface area contributed by atoms with E-state index in [2.05, 4.69) is 10.2 Å². The molecule has 0 aliphatic rings. The minimum absolute atomic E-state index is 0.114. The van der Waals surface area contributed by atoms with E-state index in [0.717, 1.165) is 26.9 Å². The van der Waals surface area contributed by atoms with Crippen molar-refractivity contribution in [2.45, 2.75) is 19.2 Å². The third-order valence-electron chi connectivity index (χ3n) is 2.37. The molecule has 0 fully saturated rings. The van der Waals surface area contributed by atoms with Crippen molar-refractivity contribution in [3.8, 4) is 16.3 Å². The van der Waals surface area contributed by atoms with Gasteiger partial charge < -0.3 is 4.74 Å². The molecule has 0 aliphatic heterocycles. The van der Waals surface area contributed by atoms with Gasteiger partial charge in [0.05, 0.1) is 18.1 Å². The van der Waals surface area contributed by atoms with Crippen LogP contribution in [0.1, 0.15) is 22.9 Å². The van der Waals surface area contributed by atoms with Crippen molar-refractivity contribution < 1.29 is 4.74 Å². The number of aromatic nitrogens is 2. The molecule has 1 unspecified atom stereocenters. The average molecular weight is 269 g/mol. The first-order chi connectivity index (χ1) is 8.11. The molecule has 0 aliphatic carbocycles. The second-order valence-corrected chi connectivity index (χ2v) is 5.43. The van der Waals surface area contributed by atoms with Crippen molar-refractivity contribution in [2.75, 3.05) is 7.11 Å². The van der Waals surface area contributed by atoms with Gasteiger partial charge in [-0.1, -0.05) is 23.0 Å². The topological polar surface area (TPSA) is 35.0 Å². The van der Waals surface area contributed by atoms with Crippen LogP contribution in [0, 0.1) is 6.92 Å². The predicted molar refractivity (Wildman–Crippen MR) is 70.9 cm³/mol. The van der Waals surface area contributed by atoms with E-state index in [1.54, 1.807) is 7.11 Å². The molecule has 5 heteroatoms. The Labute approximate surface area is 109 Å². The third-order valence-corrected chi connectivity index (χ3v) is 3.84. The van der Waals surface area contributed by atoms with Crippen molar-refractivity contribution in [3.05, 3.63) is 28.8 Å². The number of hydrogen-bond acceptors (Lipinski definition) is 4. The van der Waals surface area contributed by atoms with E-state index in [9.17, 15) is 0 Å². The Hall–Kier alpha value is -1.13. The molecule has 0 saturated carbocycles. The van der Waals surface area contributed by atoms with Gasteiger partial charge in [0.2, 0.25) is 0 Å². The highest BCUT2D eigenvalue weighted by Gasteiger charge is 2.14. The number of alkyl halides is 1. The van der Waals surface area contributed by atoms with Crippen LogP contribution in [-0.2, 0) is 0 Å². The van der Waals surface area contributed by atoms with Crippen LogP contribution in [0.15, 0.2) is 18.2 Å². The highest BCUT2D eigenvalue weighted by atomic mass is 35.5. The highest BCUT2D eigenvalue weighted by Crippen LogP contribution is 2.35. The molecule has 0 N–H and O–H groups in total. The van der Waals surface area contributed by atoms with Gasteiger partial charge in [-0.3, -0.25) is 0 Å². The van der Waals surface area contributed by atoms with Gasteiger partial charge >= 0.3 is 0 Å². The summed E-state index contributed by atoms with van der Waals surface area (Å²) >= 11 is 7.48. The van der Waals surface area contributed by atoms with Crippen LogP contribution >= 0.6 is 22.9 Å². The van der Waals surface area contributed by atoms with E-state index < -0.39 is 0 Å². The lowest BCUT2D eigenvalue weighted by Crippen LogP contribution is -1.88. The monoisotopic (exact) mass is 268 g/mol. The molecule has 1 heterocycles. The molecule has 0 radical (unpaired) electrons. The zero-order chi connectivity index (χ0) is 12.4. The van der Waals surface area contributed by atoms with Gasteiger partial charge in [0.25, 0.3) is 0 Å².